The summed E-state index contributed by atoms with van der Waals surface area (Å²) in [5, 5.41) is 9.94. The fourth-order valence-electron chi connectivity index (χ4n) is 1.50. The van der Waals surface area contributed by atoms with Gasteiger partial charge in [0.1, 0.15) is 0 Å². The van der Waals surface area contributed by atoms with E-state index in [1.165, 1.54) is 21.3 Å². The first-order chi connectivity index (χ1) is 7.69. The monoisotopic (exact) mass is 224 g/mol. The maximum Gasteiger partial charge on any atom is 0.207 e. The highest BCUT2D eigenvalue weighted by Crippen LogP contribution is 2.46. The summed E-state index contributed by atoms with van der Waals surface area (Å²) in [6, 6.07) is 1.75. The van der Waals surface area contributed by atoms with E-state index in [1.54, 1.807) is 6.07 Å². The summed E-state index contributed by atoms with van der Waals surface area (Å²) < 4.78 is 15.3. The molecule has 0 heterocycles. The quantitative estimate of drug-likeness (QED) is 0.853. The average molecular weight is 224 g/mol. The molecule has 0 aromatic heterocycles. The van der Waals surface area contributed by atoms with Crippen LogP contribution in [0.3, 0.4) is 0 Å². The Morgan fingerprint density at radius 2 is 1.69 bits per heavy atom. The van der Waals surface area contributed by atoms with E-state index in [4.69, 9.17) is 14.2 Å². The van der Waals surface area contributed by atoms with Gasteiger partial charge >= 0.3 is 0 Å². The van der Waals surface area contributed by atoms with Gasteiger partial charge in [0, 0.05) is 5.56 Å². The van der Waals surface area contributed by atoms with Crippen LogP contribution in [0, 0.1) is 0 Å². The highest BCUT2D eigenvalue weighted by atomic mass is 16.5. The summed E-state index contributed by atoms with van der Waals surface area (Å²) in [7, 11) is 4.48. The van der Waals surface area contributed by atoms with Gasteiger partial charge in [-0.15, -0.1) is 0 Å². The number of benzene rings is 1. The molecule has 0 aliphatic carbocycles. The lowest BCUT2D eigenvalue weighted by molar-refractivity contribution is 0.315. The summed E-state index contributed by atoms with van der Waals surface area (Å²) in [6.45, 7) is 1.88. The first kappa shape index (κ1) is 12.2. The van der Waals surface area contributed by atoms with Crippen molar-refractivity contribution in [2.45, 2.75) is 6.92 Å². The molecule has 1 aromatic rings. The molecule has 1 aromatic carbocycles. The molecule has 4 heteroatoms. The van der Waals surface area contributed by atoms with Crippen molar-refractivity contribution in [3.8, 4) is 23.0 Å². The first-order valence-corrected chi connectivity index (χ1v) is 4.84. The molecule has 0 atom stereocenters. The summed E-state index contributed by atoms with van der Waals surface area (Å²) >= 11 is 0. The van der Waals surface area contributed by atoms with E-state index in [1.807, 2.05) is 19.1 Å². The van der Waals surface area contributed by atoms with Gasteiger partial charge in [0.05, 0.1) is 21.3 Å². The number of phenols is 1. The number of hydrogen-bond acceptors (Lipinski definition) is 4. The Balaban J connectivity index is 3.47. The zero-order valence-corrected chi connectivity index (χ0v) is 9.90. The van der Waals surface area contributed by atoms with E-state index in [2.05, 4.69) is 0 Å². The summed E-state index contributed by atoms with van der Waals surface area (Å²) in [4.78, 5) is 0. The molecule has 0 amide bonds. The minimum absolute atomic E-state index is 0.0579. The van der Waals surface area contributed by atoms with Gasteiger partial charge < -0.3 is 19.3 Å². The SMILES string of the molecule is C/C=C/c1cc(OC)c(OC)c(O)c1OC. The van der Waals surface area contributed by atoms with E-state index < -0.39 is 0 Å². The van der Waals surface area contributed by atoms with Crippen molar-refractivity contribution >= 4 is 6.08 Å². The van der Waals surface area contributed by atoms with Crippen molar-refractivity contribution in [3.05, 3.63) is 17.7 Å². The third-order valence-corrected chi connectivity index (χ3v) is 2.18. The highest BCUT2D eigenvalue weighted by molar-refractivity contribution is 5.70. The zero-order valence-electron chi connectivity index (χ0n) is 9.90. The van der Waals surface area contributed by atoms with Gasteiger partial charge in [-0.05, 0) is 13.0 Å². The van der Waals surface area contributed by atoms with Crippen LogP contribution in [0.25, 0.3) is 6.08 Å². The molecule has 1 rings (SSSR count). The summed E-state index contributed by atoms with van der Waals surface area (Å²) in [6.07, 6.45) is 3.67. The Morgan fingerprint density at radius 3 is 2.12 bits per heavy atom. The second kappa shape index (κ2) is 5.30. The molecule has 0 fully saturated rings. The van der Waals surface area contributed by atoms with Crippen molar-refractivity contribution in [3.63, 3.8) is 0 Å². The van der Waals surface area contributed by atoms with Crippen LogP contribution in [-0.2, 0) is 0 Å². The molecular weight excluding hydrogens is 208 g/mol. The molecule has 0 saturated heterocycles. The number of phenolic OH excluding ortho intramolecular Hbond substituents is 1. The number of ether oxygens (including phenoxy) is 3. The van der Waals surface area contributed by atoms with Crippen LogP contribution in [0.5, 0.6) is 23.0 Å². The molecule has 0 aliphatic heterocycles. The third kappa shape index (κ3) is 2.05. The van der Waals surface area contributed by atoms with Gasteiger partial charge in [0.15, 0.2) is 11.5 Å². The van der Waals surface area contributed by atoms with Gasteiger partial charge in [0.25, 0.3) is 0 Å². The van der Waals surface area contributed by atoms with Gasteiger partial charge in [-0.2, -0.15) is 0 Å². The minimum atomic E-state index is -0.0579. The minimum Gasteiger partial charge on any atom is -0.502 e. The topological polar surface area (TPSA) is 47.9 Å². The smallest absolute Gasteiger partial charge is 0.207 e. The van der Waals surface area contributed by atoms with Gasteiger partial charge in [0.2, 0.25) is 11.5 Å². The number of rotatable bonds is 4. The maximum absolute atomic E-state index is 9.94. The van der Waals surface area contributed by atoms with Gasteiger partial charge in [-0.3, -0.25) is 0 Å². The Kier molecular flexibility index (Phi) is 4.05. The molecule has 0 saturated carbocycles. The molecule has 0 aliphatic rings. The number of methoxy groups -OCH3 is 3. The predicted octanol–water partition coefficient (Wildman–Crippen LogP) is 2.45. The van der Waals surface area contributed by atoms with Gasteiger partial charge in [-0.25, -0.2) is 0 Å². The average Bonchev–Trinajstić information content (AvgIpc) is 2.29. The van der Waals surface area contributed by atoms with E-state index in [9.17, 15) is 5.11 Å². The lowest BCUT2D eigenvalue weighted by Crippen LogP contribution is -1.95. The number of aromatic hydroxyl groups is 1. The molecule has 0 unspecified atom stereocenters. The van der Waals surface area contributed by atoms with E-state index in [0.29, 0.717) is 11.5 Å². The van der Waals surface area contributed by atoms with Crippen LogP contribution in [0.2, 0.25) is 0 Å². The van der Waals surface area contributed by atoms with Crippen LogP contribution < -0.4 is 14.2 Å². The fourth-order valence-corrected chi connectivity index (χ4v) is 1.50. The van der Waals surface area contributed by atoms with Crippen LogP contribution in [0.15, 0.2) is 12.1 Å². The van der Waals surface area contributed by atoms with Crippen molar-refractivity contribution in [1.82, 2.24) is 0 Å². The Bertz CT molecular complexity index is 396. The molecule has 1 N–H and O–H groups in total. The second-order valence-corrected chi connectivity index (χ2v) is 3.08. The molecule has 4 nitrogen and oxygen atoms in total. The Labute approximate surface area is 95.1 Å². The van der Waals surface area contributed by atoms with Crippen molar-refractivity contribution < 1.29 is 19.3 Å². The zero-order chi connectivity index (χ0) is 12.1. The summed E-state index contributed by atoms with van der Waals surface area (Å²) in [5.74, 6) is 1.05. The maximum atomic E-state index is 9.94. The van der Waals surface area contributed by atoms with E-state index in [-0.39, 0.29) is 11.5 Å². The van der Waals surface area contributed by atoms with Crippen molar-refractivity contribution in [1.29, 1.82) is 0 Å². The van der Waals surface area contributed by atoms with Crippen molar-refractivity contribution in [2.75, 3.05) is 21.3 Å². The third-order valence-electron chi connectivity index (χ3n) is 2.18. The Hall–Kier alpha value is -1.84. The normalized spacial score (nSPS) is 10.5. The number of hydrogen-bond donors (Lipinski definition) is 1. The summed E-state index contributed by atoms with van der Waals surface area (Å²) in [5.41, 5.74) is 0.736. The molecule has 0 radical (unpaired) electrons. The fraction of sp³-hybridized carbons (Fsp3) is 0.333. The molecule has 0 spiro atoms. The number of allylic oxidation sites excluding steroid dienone is 1. The molecule has 88 valence electrons. The van der Waals surface area contributed by atoms with Crippen LogP contribution in [-0.4, -0.2) is 26.4 Å². The van der Waals surface area contributed by atoms with Crippen LogP contribution in [0.4, 0.5) is 0 Å². The van der Waals surface area contributed by atoms with Crippen LogP contribution in [0.1, 0.15) is 12.5 Å². The molecule has 16 heavy (non-hydrogen) atoms. The van der Waals surface area contributed by atoms with Gasteiger partial charge in [-0.1, -0.05) is 12.2 Å². The second-order valence-electron chi connectivity index (χ2n) is 3.08. The largest absolute Gasteiger partial charge is 0.502 e. The lowest BCUT2D eigenvalue weighted by Gasteiger charge is -2.14. The Morgan fingerprint density at radius 1 is 1.06 bits per heavy atom. The van der Waals surface area contributed by atoms with E-state index >= 15 is 0 Å². The predicted molar refractivity (Wildman–Crippen MR) is 62.5 cm³/mol. The molecular formula is C12H16O4. The standard InChI is InChI=1S/C12H16O4/c1-5-6-8-7-9(14-2)12(16-4)10(13)11(8)15-3/h5-7,13H,1-4H3/b6-5+. The first-order valence-electron chi connectivity index (χ1n) is 4.84. The molecule has 0 bridgehead atoms. The lowest BCUT2D eigenvalue weighted by atomic mass is 10.1. The van der Waals surface area contributed by atoms with Crippen molar-refractivity contribution in [2.24, 2.45) is 0 Å². The van der Waals surface area contributed by atoms with E-state index in [0.717, 1.165) is 5.56 Å². The van der Waals surface area contributed by atoms with Crippen LogP contribution >= 0.6 is 0 Å². The highest BCUT2D eigenvalue weighted by Gasteiger charge is 2.18.